The van der Waals surface area contributed by atoms with Crippen molar-refractivity contribution in [2.24, 2.45) is 0 Å². The lowest BCUT2D eigenvalue weighted by molar-refractivity contribution is -0.297. The highest BCUT2D eigenvalue weighted by Crippen LogP contribution is 2.42. The molecule has 2 amide bonds. The third-order valence-corrected chi connectivity index (χ3v) is 5.40. The van der Waals surface area contributed by atoms with Crippen molar-refractivity contribution in [3.8, 4) is 0 Å². The average molecular weight is 465 g/mol. The summed E-state index contributed by atoms with van der Waals surface area (Å²) >= 11 is 0. The van der Waals surface area contributed by atoms with Crippen LogP contribution in [-0.2, 0) is 14.8 Å². The molecule has 0 aliphatic carbocycles. The molecule has 0 unspecified atom stereocenters. The molecule has 170 valence electrons. The number of nitrogens with zero attached hydrogens (tertiary/aromatic N) is 2. The Kier molecular flexibility index (Phi) is 6.72. The maximum atomic E-state index is 12.8. The molecule has 30 heavy (non-hydrogen) atoms. The van der Waals surface area contributed by atoms with Gasteiger partial charge < -0.3 is 15.0 Å². The monoisotopic (exact) mass is 465 g/mol. The van der Waals surface area contributed by atoms with Gasteiger partial charge in [0.2, 0.25) is 5.54 Å². The number of hydrogen-bond acceptors (Lipinski definition) is 6. The van der Waals surface area contributed by atoms with E-state index in [2.05, 4.69) is 4.98 Å². The number of alkyl halides is 6. The molecule has 1 aromatic rings. The summed E-state index contributed by atoms with van der Waals surface area (Å²) in [5.74, 6) is 0.439. The third-order valence-electron chi connectivity index (χ3n) is 4.16. The molecule has 16 heteroatoms. The summed E-state index contributed by atoms with van der Waals surface area (Å²) in [5, 5.41) is 0.688. The standard InChI is InChI=1S/C14H17F6N5O4S/c1-12(13(15,16)17,14(18,19)20)22-11(26)23-24-30(27,28)9-2-3-10(21-8-9)25-4-6-29-7-5-25/h2-3,8,24H,4-7H2,1H3,(H2,22,23,26). The SMILES string of the molecule is CC(NC(=O)NNS(=O)(=O)c1ccc(N2CCOCC2)nc1)(C(F)(F)F)C(F)(F)F. The van der Waals surface area contributed by atoms with Crippen LogP contribution >= 0.6 is 0 Å². The van der Waals surface area contributed by atoms with Crippen molar-refractivity contribution in [3.63, 3.8) is 0 Å². The number of nitrogens with one attached hydrogen (secondary N) is 3. The predicted octanol–water partition coefficient (Wildman–Crippen LogP) is 1.29. The van der Waals surface area contributed by atoms with Gasteiger partial charge in [0.1, 0.15) is 10.7 Å². The van der Waals surface area contributed by atoms with Crippen molar-refractivity contribution in [3.05, 3.63) is 18.3 Å². The predicted molar refractivity (Wildman–Crippen MR) is 89.8 cm³/mol. The summed E-state index contributed by atoms with van der Waals surface area (Å²) in [6.07, 6.45) is -10.9. The second kappa shape index (κ2) is 8.43. The lowest BCUT2D eigenvalue weighted by Crippen LogP contribution is -2.67. The van der Waals surface area contributed by atoms with Crippen molar-refractivity contribution in [1.82, 2.24) is 20.6 Å². The van der Waals surface area contributed by atoms with E-state index in [1.807, 2.05) is 4.90 Å². The molecule has 2 rings (SSSR count). The second-order valence-electron chi connectivity index (χ2n) is 6.26. The minimum atomic E-state index is -5.89. The minimum absolute atomic E-state index is 0.296. The zero-order chi connectivity index (χ0) is 22.8. The highest BCUT2D eigenvalue weighted by Gasteiger charge is 2.68. The van der Waals surface area contributed by atoms with Crippen molar-refractivity contribution in [2.75, 3.05) is 31.2 Å². The van der Waals surface area contributed by atoms with Crippen LogP contribution in [0.25, 0.3) is 0 Å². The molecule has 0 spiro atoms. The number of urea groups is 1. The summed E-state index contributed by atoms with van der Waals surface area (Å²) in [6.45, 7) is 1.66. The summed E-state index contributed by atoms with van der Waals surface area (Å²) in [6, 6.07) is 0.396. The molecule has 0 aromatic carbocycles. The van der Waals surface area contributed by atoms with Crippen LogP contribution in [0.5, 0.6) is 0 Å². The van der Waals surface area contributed by atoms with Crippen molar-refractivity contribution in [2.45, 2.75) is 29.7 Å². The summed E-state index contributed by atoms with van der Waals surface area (Å²) in [5.41, 5.74) is -3.34. The van der Waals surface area contributed by atoms with Gasteiger partial charge in [0.15, 0.2) is 0 Å². The van der Waals surface area contributed by atoms with Gasteiger partial charge in [-0.3, -0.25) is 5.43 Å². The molecular weight excluding hydrogens is 448 g/mol. The van der Waals surface area contributed by atoms with Crippen LogP contribution in [0.4, 0.5) is 37.0 Å². The van der Waals surface area contributed by atoms with Gasteiger partial charge in [0.05, 0.1) is 13.2 Å². The van der Waals surface area contributed by atoms with Crippen molar-refractivity contribution < 1.29 is 44.3 Å². The smallest absolute Gasteiger partial charge is 0.378 e. The zero-order valence-corrected chi connectivity index (χ0v) is 16.1. The van der Waals surface area contributed by atoms with Crippen LogP contribution in [0.2, 0.25) is 0 Å². The quantitative estimate of drug-likeness (QED) is 0.447. The number of hydrazine groups is 1. The molecule has 0 radical (unpaired) electrons. The molecule has 1 saturated heterocycles. The van der Waals surface area contributed by atoms with Crippen LogP contribution in [0.15, 0.2) is 23.2 Å². The maximum absolute atomic E-state index is 12.8. The summed E-state index contributed by atoms with van der Waals surface area (Å²) < 4.78 is 106. The van der Waals surface area contributed by atoms with Gasteiger partial charge in [-0.1, -0.05) is 0 Å². The fourth-order valence-electron chi connectivity index (χ4n) is 2.24. The van der Waals surface area contributed by atoms with Gasteiger partial charge >= 0.3 is 18.4 Å². The van der Waals surface area contributed by atoms with E-state index in [4.69, 9.17) is 4.74 Å². The first-order chi connectivity index (χ1) is 13.7. The number of sulfonamides is 1. The number of amides is 2. The Labute approximate surface area is 166 Å². The van der Waals surface area contributed by atoms with Gasteiger partial charge in [0.25, 0.3) is 10.0 Å². The molecule has 0 saturated carbocycles. The molecule has 2 heterocycles. The van der Waals surface area contributed by atoms with Crippen LogP contribution in [0.3, 0.4) is 0 Å². The topological polar surface area (TPSA) is 113 Å². The molecule has 0 atom stereocenters. The Morgan fingerprint density at radius 2 is 1.67 bits per heavy atom. The first kappa shape index (κ1) is 23.9. The zero-order valence-electron chi connectivity index (χ0n) is 15.3. The number of carbonyl (C=O) groups is 1. The Morgan fingerprint density at radius 3 is 2.13 bits per heavy atom. The molecule has 1 aliphatic rings. The average Bonchev–Trinajstić information content (AvgIpc) is 2.65. The lowest BCUT2D eigenvalue weighted by Gasteiger charge is -2.34. The van der Waals surface area contributed by atoms with E-state index in [9.17, 15) is 39.6 Å². The third kappa shape index (κ3) is 5.23. The lowest BCUT2D eigenvalue weighted by atomic mass is 10.0. The van der Waals surface area contributed by atoms with E-state index in [-0.39, 0.29) is 6.92 Å². The number of carbonyl (C=O) groups excluding carboxylic acids is 1. The van der Waals surface area contributed by atoms with Gasteiger partial charge in [-0.05, 0) is 19.1 Å². The Bertz CT molecular complexity index is 839. The first-order valence-electron chi connectivity index (χ1n) is 8.19. The van der Waals surface area contributed by atoms with E-state index < -0.39 is 38.8 Å². The maximum Gasteiger partial charge on any atom is 0.420 e. The Morgan fingerprint density at radius 1 is 1.10 bits per heavy atom. The molecule has 0 bridgehead atoms. The van der Waals surface area contributed by atoms with Crippen LogP contribution in [-0.4, -0.2) is 63.6 Å². The van der Waals surface area contributed by atoms with Gasteiger partial charge in [-0.15, -0.1) is 4.83 Å². The molecule has 3 N–H and O–H groups in total. The van der Waals surface area contributed by atoms with E-state index in [0.29, 0.717) is 37.4 Å². The molecule has 1 fully saturated rings. The number of hydrogen-bond donors (Lipinski definition) is 3. The number of anilines is 1. The van der Waals surface area contributed by atoms with Crippen LogP contribution < -0.4 is 20.5 Å². The highest BCUT2D eigenvalue weighted by atomic mass is 32.2. The number of rotatable bonds is 5. The Hall–Kier alpha value is -2.33. The van der Waals surface area contributed by atoms with E-state index in [1.165, 1.54) is 16.3 Å². The van der Waals surface area contributed by atoms with Gasteiger partial charge in [-0.25, -0.2) is 18.2 Å². The summed E-state index contributed by atoms with van der Waals surface area (Å²) in [7, 11) is -4.52. The first-order valence-corrected chi connectivity index (χ1v) is 9.68. The number of morpholine rings is 1. The largest absolute Gasteiger partial charge is 0.420 e. The fraction of sp³-hybridized carbons (Fsp3) is 0.571. The number of pyridine rings is 1. The fourth-order valence-corrected chi connectivity index (χ4v) is 3.03. The second-order valence-corrected chi connectivity index (χ2v) is 7.94. The van der Waals surface area contributed by atoms with E-state index in [1.54, 1.807) is 0 Å². The van der Waals surface area contributed by atoms with Crippen LogP contribution in [0, 0.1) is 0 Å². The molecule has 1 aliphatic heterocycles. The highest BCUT2D eigenvalue weighted by molar-refractivity contribution is 7.89. The van der Waals surface area contributed by atoms with Crippen molar-refractivity contribution >= 4 is 21.9 Å². The van der Waals surface area contributed by atoms with Crippen molar-refractivity contribution in [1.29, 1.82) is 0 Å². The molecule has 1 aromatic heterocycles. The number of ether oxygens (including phenoxy) is 1. The number of aromatic nitrogens is 1. The minimum Gasteiger partial charge on any atom is -0.378 e. The van der Waals surface area contributed by atoms with E-state index >= 15 is 0 Å². The Balaban J connectivity index is 2.04. The van der Waals surface area contributed by atoms with Gasteiger partial charge in [0, 0.05) is 19.3 Å². The molecular formula is C14H17F6N5O4S. The summed E-state index contributed by atoms with van der Waals surface area (Å²) in [4.78, 5) is 18.2. The van der Waals surface area contributed by atoms with E-state index in [0.717, 1.165) is 12.3 Å². The van der Waals surface area contributed by atoms with Crippen LogP contribution in [0.1, 0.15) is 6.92 Å². The van der Waals surface area contributed by atoms with Gasteiger partial charge in [-0.2, -0.15) is 26.3 Å². The number of halogens is 6. The normalized spacial score (nSPS) is 16.3. The molecule has 9 nitrogen and oxygen atoms in total.